The van der Waals surface area contributed by atoms with E-state index in [1.54, 1.807) is 0 Å². The largest absolute Gasteiger partial charge is 0.370 e. The van der Waals surface area contributed by atoms with E-state index in [1.807, 2.05) is 0 Å². The number of hydrogen-bond donors (Lipinski definition) is 1. The van der Waals surface area contributed by atoms with Gasteiger partial charge in [0.05, 0.1) is 0 Å². The number of para-hydroxylation sites is 1. The second-order valence-corrected chi connectivity index (χ2v) is 5.35. The number of rotatable bonds is 7. The molecule has 18 heavy (non-hydrogen) atoms. The maximum atomic E-state index is 3.59. The molecule has 0 saturated carbocycles. The van der Waals surface area contributed by atoms with E-state index in [1.165, 1.54) is 11.3 Å². The molecule has 0 aliphatic rings. The van der Waals surface area contributed by atoms with Gasteiger partial charge in [-0.1, -0.05) is 32.0 Å². The number of nitrogens with one attached hydrogen (secondary N) is 1. The van der Waals surface area contributed by atoms with E-state index < -0.39 is 0 Å². The normalized spacial score (nSPS) is 12.8. The van der Waals surface area contributed by atoms with Gasteiger partial charge in [0.15, 0.2) is 0 Å². The van der Waals surface area contributed by atoms with Crippen LogP contribution < -0.4 is 10.2 Å². The standard InChI is InChI=1S/C16H28N2/c1-6-18(12-11-17-15(5)13(2)3)16-10-8-7-9-14(16)4/h7-10,13,15,17H,6,11-12H2,1-5H3. The topological polar surface area (TPSA) is 15.3 Å². The Hall–Kier alpha value is -1.02. The van der Waals surface area contributed by atoms with Crippen LogP contribution in [0.4, 0.5) is 5.69 Å². The molecule has 0 amide bonds. The van der Waals surface area contributed by atoms with Crippen LogP contribution in [-0.2, 0) is 0 Å². The summed E-state index contributed by atoms with van der Waals surface area (Å²) in [5.41, 5.74) is 2.72. The highest BCUT2D eigenvalue weighted by Gasteiger charge is 2.09. The highest BCUT2D eigenvalue weighted by molar-refractivity contribution is 5.52. The Bertz CT molecular complexity index is 347. The minimum absolute atomic E-state index is 0.584. The van der Waals surface area contributed by atoms with Gasteiger partial charge in [0, 0.05) is 31.4 Å². The molecule has 0 spiro atoms. The molecule has 2 heteroatoms. The fraction of sp³-hybridized carbons (Fsp3) is 0.625. The Labute approximate surface area is 112 Å². The Kier molecular flexibility index (Phi) is 6.20. The highest BCUT2D eigenvalue weighted by atomic mass is 15.1. The third-order valence-electron chi connectivity index (χ3n) is 3.69. The minimum Gasteiger partial charge on any atom is -0.370 e. The second-order valence-electron chi connectivity index (χ2n) is 5.35. The summed E-state index contributed by atoms with van der Waals surface area (Å²) in [4.78, 5) is 2.44. The smallest absolute Gasteiger partial charge is 0.0396 e. The molecular formula is C16H28N2. The number of anilines is 1. The molecule has 0 bridgehead atoms. The molecule has 0 fully saturated rings. The van der Waals surface area contributed by atoms with Gasteiger partial charge in [0.2, 0.25) is 0 Å². The van der Waals surface area contributed by atoms with E-state index in [0.29, 0.717) is 12.0 Å². The molecule has 0 saturated heterocycles. The number of benzene rings is 1. The van der Waals surface area contributed by atoms with Crippen molar-refractivity contribution in [2.45, 2.75) is 40.7 Å². The molecule has 1 N–H and O–H groups in total. The second kappa shape index (κ2) is 7.42. The molecule has 1 rings (SSSR count). The van der Waals surface area contributed by atoms with E-state index in [-0.39, 0.29) is 0 Å². The number of nitrogens with zero attached hydrogens (tertiary/aromatic N) is 1. The van der Waals surface area contributed by atoms with Gasteiger partial charge < -0.3 is 10.2 Å². The predicted octanol–water partition coefficient (Wildman–Crippen LogP) is 3.46. The summed E-state index contributed by atoms with van der Waals surface area (Å²) in [6.45, 7) is 14.4. The average molecular weight is 248 g/mol. The first-order valence-electron chi connectivity index (χ1n) is 7.10. The van der Waals surface area contributed by atoms with E-state index in [4.69, 9.17) is 0 Å². The van der Waals surface area contributed by atoms with Crippen molar-refractivity contribution in [2.24, 2.45) is 5.92 Å². The molecule has 1 atom stereocenters. The lowest BCUT2D eigenvalue weighted by Gasteiger charge is -2.26. The van der Waals surface area contributed by atoms with Gasteiger partial charge in [-0.05, 0) is 38.3 Å². The summed E-state index contributed by atoms with van der Waals surface area (Å²) in [6, 6.07) is 9.20. The molecule has 1 unspecified atom stereocenters. The lowest BCUT2D eigenvalue weighted by Crippen LogP contribution is -2.38. The summed E-state index contributed by atoms with van der Waals surface area (Å²) in [7, 11) is 0. The van der Waals surface area contributed by atoms with Crippen LogP contribution in [0.5, 0.6) is 0 Å². The van der Waals surface area contributed by atoms with Crippen molar-refractivity contribution < 1.29 is 0 Å². The summed E-state index contributed by atoms with van der Waals surface area (Å²) >= 11 is 0. The summed E-state index contributed by atoms with van der Waals surface area (Å²) in [6.07, 6.45) is 0. The van der Waals surface area contributed by atoms with Crippen LogP contribution >= 0.6 is 0 Å². The van der Waals surface area contributed by atoms with Crippen molar-refractivity contribution in [3.63, 3.8) is 0 Å². The van der Waals surface area contributed by atoms with Gasteiger partial charge in [-0.3, -0.25) is 0 Å². The summed E-state index contributed by atoms with van der Waals surface area (Å²) in [5, 5.41) is 3.59. The van der Waals surface area contributed by atoms with Crippen molar-refractivity contribution in [1.82, 2.24) is 5.32 Å². The monoisotopic (exact) mass is 248 g/mol. The van der Waals surface area contributed by atoms with Crippen molar-refractivity contribution >= 4 is 5.69 Å². The van der Waals surface area contributed by atoms with Gasteiger partial charge >= 0.3 is 0 Å². The molecule has 0 aliphatic carbocycles. The van der Waals surface area contributed by atoms with E-state index >= 15 is 0 Å². The average Bonchev–Trinajstić information content (AvgIpc) is 2.35. The predicted molar refractivity (Wildman–Crippen MR) is 81.4 cm³/mol. The molecule has 0 heterocycles. The first kappa shape index (κ1) is 15.0. The Morgan fingerprint density at radius 2 is 1.83 bits per heavy atom. The SMILES string of the molecule is CCN(CCNC(C)C(C)C)c1ccccc1C. The molecule has 0 radical (unpaired) electrons. The first-order chi connectivity index (χ1) is 8.56. The molecule has 0 aromatic heterocycles. The third-order valence-corrected chi connectivity index (χ3v) is 3.69. The Balaban J connectivity index is 2.51. The van der Waals surface area contributed by atoms with Gasteiger partial charge in [-0.2, -0.15) is 0 Å². The molecular weight excluding hydrogens is 220 g/mol. The van der Waals surface area contributed by atoms with Crippen LogP contribution in [0.25, 0.3) is 0 Å². The van der Waals surface area contributed by atoms with Crippen LogP contribution in [0.3, 0.4) is 0 Å². The number of hydrogen-bond acceptors (Lipinski definition) is 2. The van der Waals surface area contributed by atoms with Gasteiger partial charge in [0.25, 0.3) is 0 Å². The molecule has 1 aromatic carbocycles. The molecule has 102 valence electrons. The number of aryl methyl sites for hydroxylation is 1. The van der Waals surface area contributed by atoms with Crippen molar-refractivity contribution in [3.8, 4) is 0 Å². The summed E-state index contributed by atoms with van der Waals surface area (Å²) in [5.74, 6) is 0.693. The van der Waals surface area contributed by atoms with Crippen molar-refractivity contribution in [1.29, 1.82) is 0 Å². The lowest BCUT2D eigenvalue weighted by atomic mass is 10.1. The zero-order valence-corrected chi connectivity index (χ0v) is 12.5. The fourth-order valence-electron chi connectivity index (χ4n) is 2.03. The zero-order valence-electron chi connectivity index (χ0n) is 12.5. The lowest BCUT2D eigenvalue weighted by molar-refractivity contribution is 0.430. The third kappa shape index (κ3) is 4.34. The maximum Gasteiger partial charge on any atom is 0.0396 e. The van der Waals surface area contributed by atoms with Gasteiger partial charge in [0.1, 0.15) is 0 Å². The van der Waals surface area contributed by atoms with Gasteiger partial charge in [-0.15, -0.1) is 0 Å². The van der Waals surface area contributed by atoms with Crippen molar-refractivity contribution in [2.75, 3.05) is 24.5 Å². The summed E-state index contributed by atoms with van der Waals surface area (Å²) < 4.78 is 0. The van der Waals surface area contributed by atoms with Crippen molar-refractivity contribution in [3.05, 3.63) is 29.8 Å². The van der Waals surface area contributed by atoms with E-state index in [9.17, 15) is 0 Å². The van der Waals surface area contributed by atoms with Gasteiger partial charge in [-0.25, -0.2) is 0 Å². The highest BCUT2D eigenvalue weighted by Crippen LogP contribution is 2.18. The Morgan fingerprint density at radius 1 is 1.17 bits per heavy atom. The van der Waals surface area contributed by atoms with E-state index in [0.717, 1.165) is 19.6 Å². The van der Waals surface area contributed by atoms with Crippen LogP contribution in [0.15, 0.2) is 24.3 Å². The zero-order chi connectivity index (χ0) is 13.5. The van der Waals surface area contributed by atoms with Crippen LogP contribution in [-0.4, -0.2) is 25.7 Å². The molecule has 1 aromatic rings. The fourth-order valence-corrected chi connectivity index (χ4v) is 2.03. The Morgan fingerprint density at radius 3 is 2.39 bits per heavy atom. The van der Waals surface area contributed by atoms with Crippen LogP contribution in [0, 0.1) is 12.8 Å². The minimum atomic E-state index is 0.584. The first-order valence-corrected chi connectivity index (χ1v) is 7.10. The quantitative estimate of drug-likeness (QED) is 0.795. The molecule has 0 aliphatic heterocycles. The van der Waals surface area contributed by atoms with Crippen LogP contribution in [0.1, 0.15) is 33.3 Å². The van der Waals surface area contributed by atoms with Crippen LogP contribution in [0.2, 0.25) is 0 Å². The van der Waals surface area contributed by atoms with E-state index in [2.05, 4.69) is 69.1 Å². The maximum absolute atomic E-state index is 3.59. The molecule has 2 nitrogen and oxygen atoms in total. The number of likely N-dealkylation sites (N-methyl/N-ethyl adjacent to an activating group) is 1.